The second kappa shape index (κ2) is 10.2. The number of hydrogen-bond donors (Lipinski definition) is 2. The first kappa shape index (κ1) is 24.3. The molecule has 0 amide bonds. The van der Waals surface area contributed by atoms with Crippen molar-refractivity contribution in [1.82, 2.24) is 9.97 Å². The van der Waals surface area contributed by atoms with Crippen molar-refractivity contribution in [2.24, 2.45) is 5.73 Å². The number of rotatable bonds is 5. The Labute approximate surface area is 200 Å². The van der Waals surface area contributed by atoms with Crippen molar-refractivity contribution in [3.8, 4) is 11.8 Å². The standard InChI is InChI=1S/C21H18ClF3N4O4S/c22-20-28-14-12(5-2-9-33-19(30)21(23,24)25)16(15-13(26)6-3-8-32-15)34-17(14)18(29-20)27-10-11-4-1-7-31-11/h1,4,7,13,15H,3,6,8-10,26H2,(H,27,28,29)/t13-,15-/m1/s1. The molecule has 1 aliphatic heterocycles. The highest BCUT2D eigenvalue weighted by atomic mass is 35.5. The highest BCUT2D eigenvalue weighted by Crippen LogP contribution is 2.41. The third-order valence-corrected chi connectivity index (χ3v) is 6.31. The summed E-state index contributed by atoms with van der Waals surface area (Å²) in [6, 6.07) is 3.23. The topological polar surface area (TPSA) is 112 Å². The van der Waals surface area contributed by atoms with Gasteiger partial charge < -0.3 is 24.9 Å². The van der Waals surface area contributed by atoms with Gasteiger partial charge in [0.1, 0.15) is 23.2 Å². The number of alkyl halides is 3. The van der Waals surface area contributed by atoms with E-state index in [1.165, 1.54) is 11.3 Å². The third kappa shape index (κ3) is 5.44. The first-order valence-electron chi connectivity index (χ1n) is 10.1. The lowest BCUT2D eigenvalue weighted by Gasteiger charge is -2.28. The van der Waals surface area contributed by atoms with Crippen LogP contribution in [0, 0.1) is 11.8 Å². The second-order valence-electron chi connectivity index (χ2n) is 7.27. The molecule has 4 heterocycles. The van der Waals surface area contributed by atoms with E-state index in [0.29, 0.717) is 45.4 Å². The predicted molar refractivity (Wildman–Crippen MR) is 118 cm³/mol. The molecule has 1 aliphatic rings. The monoisotopic (exact) mass is 514 g/mol. The Morgan fingerprint density at radius 1 is 1.41 bits per heavy atom. The van der Waals surface area contributed by atoms with Crippen molar-refractivity contribution in [1.29, 1.82) is 0 Å². The highest BCUT2D eigenvalue weighted by molar-refractivity contribution is 7.20. The Morgan fingerprint density at radius 3 is 2.94 bits per heavy atom. The molecular weight excluding hydrogens is 497 g/mol. The molecule has 180 valence electrons. The lowest BCUT2D eigenvalue weighted by Crippen LogP contribution is -2.34. The number of nitrogens with zero attached hydrogens (tertiary/aromatic N) is 2. The molecular formula is C21H18ClF3N4O4S. The average molecular weight is 515 g/mol. The number of anilines is 1. The Morgan fingerprint density at radius 2 is 2.24 bits per heavy atom. The Bertz CT molecular complexity index is 1240. The maximum absolute atomic E-state index is 12.4. The van der Waals surface area contributed by atoms with Crippen molar-refractivity contribution in [3.63, 3.8) is 0 Å². The lowest BCUT2D eigenvalue weighted by atomic mass is 10.00. The van der Waals surface area contributed by atoms with Crippen LogP contribution in [0.25, 0.3) is 10.2 Å². The van der Waals surface area contributed by atoms with E-state index in [-0.39, 0.29) is 11.3 Å². The maximum atomic E-state index is 12.4. The molecule has 3 aromatic rings. The molecule has 0 bridgehead atoms. The maximum Gasteiger partial charge on any atom is 0.490 e. The number of hydrogen-bond acceptors (Lipinski definition) is 9. The second-order valence-corrected chi connectivity index (χ2v) is 8.66. The summed E-state index contributed by atoms with van der Waals surface area (Å²) >= 11 is 7.46. The van der Waals surface area contributed by atoms with Crippen LogP contribution in [0.1, 0.15) is 35.1 Å². The number of aromatic nitrogens is 2. The highest BCUT2D eigenvalue weighted by Gasteiger charge is 2.40. The van der Waals surface area contributed by atoms with E-state index in [0.717, 1.165) is 12.8 Å². The van der Waals surface area contributed by atoms with Crippen LogP contribution in [0.5, 0.6) is 0 Å². The summed E-state index contributed by atoms with van der Waals surface area (Å²) in [6.45, 7) is 0.0738. The summed E-state index contributed by atoms with van der Waals surface area (Å²) in [5.74, 6) is 4.00. The number of nitrogens with one attached hydrogen (secondary N) is 1. The normalized spacial score (nSPS) is 18.4. The van der Waals surface area contributed by atoms with Gasteiger partial charge in [-0.15, -0.1) is 11.3 Å². The van der Waals surface area contributed by atoms with Crippen LogP contribution in [-0.2, 0) is 20.8 Å². The molecule has 0 saturated carbocycles. The van der Waals surface area contributed by atoms with Gasteiger partial charge in [0, 0.05) is 12.6 Å². The summed E-state index contributed by atoms with van der Waals surface area (Å²) in [4.78, 5) is 20.2. The van der Waals surface area contributed by atoms with E-state index >= 15 is 0 Å². The molecule has 3 aromatic heterocycles. The molecule has 0 unspecified atom stereocenters. The SMILES string of the molecule is N[C@@H]1CCCO[C@H]1c1sc2c(NCc3ccco3)nc(Cl)nc2c1C#CCOC(=O)C(F)(F)F. The Balaban J connectivity index is 1.71. The van der Waals surface area contributed by atoms with Crippen LogP contribution in [0.3, 0.4) is 0 Å². The van der Waals surface area contributed by atoms with Crippen LogP contribution in [0.4, 0.5) is 19.0 Å². The average Bonchev–Trinajstić information content (AvgIpc) is 3.43. The quantitative estimate of drug-likeness (QED) is 0.296. The molecule has 0 aromatic carbocycles. The fourth-order valence-electron chi connectivity index (χ4n) is 3.37. The van der Waals surface area contributed by atoms with Crippen LogP contribution in [-0.4, -0.2) is 41.4 Å². The van der Waals surface area contributed by atoms with Gasteiger partial charge in [0.05, 0.1) is 27.9 Å². The molecule has 34 heavy (non-hydrogen) atoms. The number of esters is 1. The van der Waals surface area contributed by atoms with Crippen molar-refractivity contribution in [2.45, 2.75) is 37.7 Å². The number of carbonyl (C=O) groups is 1. The third-order valence-electron chi connectivity index (χ3n) is 4.89. The van der Waals surface area contributed by atoms with Crippen molar-refractivity contribution < 1.29 is 31.9 Å². The van der Waals surface area contributed by atoms with Gasteiger partial charge in [-0.3, -0.25) is 0 Å². The van der Waals surface area contributed by atoms with Crippen molar-refractivity contribution >= 4 is 44.9 Å². The summed E-state index contributed by atoms with van der Waals surface area (Å²) in [6.07, 6.45) is -2.51. The summed E-state index contributed by atoms with van der Waals surface area (Å²) < 4.78 is 53.1. The molecule has 3 N–H and O–H groups in total. The number of ether oxygens (including phenoxy) is 2. The number of nitrogens with two attached hydrogens (primary N) is 1. The number of fused-ring (bicyclic) bond motifs is 1. The minimum Gasteiger partial charge on any atom is -0.467 e. The smallest absolute Gasteiger partial charge is 0.467 e. The number of carbonyl (C=O) groups excluding carboxylic acids is 1. The van der Waals surface area contributed by atoms with Crippen molar-refractivity contribution in [2.75, 3.05) is 18.5 Å². The lowest BCUT2D eigenvalue weighted by molar-refractivity contribution is -0.198. The van der Waals surface area contributed by atoms with Crippen LogP contribution in [0.2, 0.25) is 5.28 Å². The first-order chi connectivity index (χ1) is 16.2. The minimum atomic E-state index is -5.10. The molecule has 0 aliphatic carbocycles. The van der Waals surface area contributed by atoms with Gasteiger partial charge in [-0.2, -0.15) is 18.2 Å². The first-order valence-corrected chi connectivity index (χ1v) is 11.3. The zero-order chi connectivity index (χ0) is 24.3. The zero-order valence-corrected chi connectivity index (χ0v) is 19.0. The predicted octanol–water partition coefficient (Wildman–Crippen LogP) is 4.19. The van der Waals surface area contributed by atoms with Crippen LogP contribution >= 0.6 is 22.9 Å². The van der Waals surface area contributed by atoms with E-state index < -0.39 is 24.9 Å². The Kier molecular flexibility index (Phi) is 7.27. The zero-order valence-electron chi connectivity index (χ0n) is 17.4. The van der Waals surface area contributed by atoms with Gasteiger partial charge in [0.2, 0.25) is 5.28 Å². The van der Waals surface area contributed by atoms with Gasteiger partial charge in [-0.25, -0.2) is 9.78 Å². The van der Waals surface area contributed by atoms with E-state index in [9.17, 15) is 18.0 Å². The number of halogens is 4. The molecule has 1 saturated heterocycles. The molecule has 13 heteroatoms. The fourth-order valence-corrected chi connectivity index (χ4v) is 4.83. The summed E-state index contributed by atoms with van der Waals surface area (Å²) in [7, 11) is 0. The van der Waals surface area contributed by atoms with Crippen LogP contribution < -0.4 is 11.1 Å². The fraction of sp³-hybridized carbons (Fsp3) is 0.381. The molecule has 0 radical (unpaired) electrons. The van der Waals surface area contributed by atoms with Gasteiger partial charge in [0.25, 0.3) is 0 Å². The van der Waals surface area contributed by atoms with E-state index in [1.807, 2.05) is 0 Å². The minimum absolute atomic E-state index is 0.0563. The Hall–Kier alpha value is -2.85. The van der Waals surface area contributed by atoms with Gasteiger partial charge >= 0.3 is 12.1 Å². The van der Waals surface area contributed by atoms with Gasteiger partial charge in [-0.1, -0.05) is 11.8 Å². The van der Waals surface area contributed by atoms with Crippen LogP contribution in [0.15, 0.2) is 22.8 Å². The molecule has 2 atom stereocenters. The largest absolute Gasteiger partial charge is 0.490 e. The van der Waals surface area contributed by atoms with Crippen molar-refractivity contribution in [3.05, 3.63) is 39.9 Å². The molecule has 1 fully saturated rings. The van der Waals surface area contributed by atoms with Gasteiger partial charge in [-0.05, 0) is 36.6 Å². The number of thiophene rings is 1. The van der Waals surface area contributed by atoms with E-state index in [1.54, 1.807) is 18.4 Å². The molecule has 0 spiro atoms. The summed E-state index contributed by atoms with van der Waals surface area (Å²) in [5, 5.41) is 3.09. The summed E-state index contributed by atoms with van der Waals surface area (Å²) in [5.41, 5.74) is 7.06. The number of furan rings is 1. The van der Waals surface area contributed by atoms with E-state index in [2.05, 4.69) is 31.9 Å². The molecule has 4 rings (SSSR count). The van der Waals surface area contributed by atoms with Gasteiger partial charge in [0.15, 0.2) is 6.61 Å². The molecule has 8 nitrogen and oxygen atoms in total. The van der Waals surface area contributed by atoms with E-state index in [4.69, 9.17) is 26.5 Å².